The predicted octanol–water partition coefficient (Wildman–Crippen LogP) is 3.55. The van der Waals surface area contributed by atoms with E-state index in [4.69, 9.17) is 4.42 Å². The second-order valence-electron chi connectivity index (χ2n) is 4.14. The number of carbonyl (C=O) groups is 1. The second kappa shape index (κ2) is 5.36. The number of carbonyl (C=O) groups excluding carboxylic acids is 1. The lowest BCUT2D eigenvalue weighted by atomic mass is 10.2. The molecule has 3 heteroatoms. The molecule has 1 N–H and O–H groups in total. The van der Waals surface area contributed by atoms with Gasteiger partial charge in [0, 0.05) is 11.8 Å². The van der Waals surface area contributed by atoms with E-state index in [2.05, 4.69) is 5.32 Å². The largest absolute Gasteiger partial charge is 0.462 e. The first-order valence-corrected chi connectivity index (χ1v) is 5.76. The van der Waals surface area contributed by atoms with Crippen LogP contribution < -0.4 is 5.32 Å². The van der Waals surface area contributed by atoms with Crippen LogP contribution in [-0.2, 0) is 4.79 Å². The van der Waals surface area contributed by atoms with Crippen LogP contribution >= 0.6 is 0 Å². The third kappa shape index (κ3) is 3.35. The van der Waals surface area contributed by atoms with Gasteiger partial charge in [-0.25, -0.2) is 0 Å². The minimum absolute atomic E-state index is 0.172. The summed E-state index contributed by atoms with van der Waals surface area (Å²) in [5, 5.41) is 2.79. The van der Waals surface area contributed by atoms with E-state index in [1.165, 1.54) is 6.08 Å². The molecule has 92 valence electrons. The van der Waals surface area contributed by atoms with Gasteiger partial charge < -0.3 is 9.73 Å². The topological polar surface area (TPSA) is 42.2 Å². The molecule has 18 heavy (non-hydrogen) atoms. The molecule has 1 heterocycles. The first kappa shape index (κ1) is 12.2. The molecule has 0 saturated carbocycles. The van der Waals surface area contributed by atoms with Crippen LogP contribution in [0.2, 0.25) is 0 Å². The Bertz CT molecular complexity index is 582. The summed E-state index contributed by atoms with van der Waals surface area (Å²) in [6, 6.07) is 11.4. The molecule has 0 bridgehead atoms. The van der Waals surface area contributed by atoms with E-state index in [9.17, 15) is 4.79 Å². The van der Waals surface area contributed by atoms with Crippen molar-refractivity contribution in [3.05, 3.63) is 59.6 Å². The highest BCUT2D eigenvalue weighted by Gasteiger charge is 1.99. The van der Waals surface area contributed by atoms with Crippen molar-refractivity contribution < 1.29 is 9.21 Å². The van der Waals surface area contributed by atoms with Gasteiger partial charge in [0.2, 0.25) is 5.91 Å². The molecule has 1 aromatic carbocycles. The van der Waals surface area contributed by atoms with Crippen LogP contribution in [0, 0.1) is 13.8 Å². The Hall–Kier alpha value is -2.29. The summed E-state index contributed by atoms with van der Waals surface area (Å²) < 4.78 is 5.34. The molecule has 2 aromatic rings. The van der Waals surface area contributed by atoms with E-state index in [0.717, 1.165) is 17.0 Å². The number of aryl methyl sites for hydroxylation is 2. The molecule has 0 unspecified atom stereocenters. The molecule has 0 atom stereocenters. The Morgan fingerprint density at radius 3 is 2.72 bits per heavy atom. The normalized spacial score (nSPS) is 10.8. The van der Waals surface area contributed by atoms with Crippen LogP contribution in [0.5, 0.6) is 0 Å². The number of amides is 1. The molecule has 0 aliphatic rings. The summed E-state index contributed by atoms with van der Waals surface area (Å²) in [5.41, 5.74) is 1.90. The average Bonchev–Trinajstić information content (AvgIpc) is 2.73. The lowest BCUT2D eigenvalue weighted by molar-refractivity contribution is -0.111. The van der Waals surface area contributed by atoms with Crippen LogP contribution in [0.1, 0.15) is 17.1 Å². The van der Waals surface area contributed by atoms with Crippen molar-refractivity contribution in [1.82, 2.24) is 0 Å². The van der Waals surface area contributed by atoms with Gasteiger partial charge in [-0.3, -0.25) is 4.79 Å². The van der Waals surface area contributed by atoms with Crippen molar-refractivity contribution in [2.75, 3.05) is 5.32 Å². The average molecular weight is 241 g/mol. The monoisotopic (exact) mass is 241 g/mol. The first-order chi connectivity index (χ1) is 8.63. The fourth-order valence-corrected chi connectivity index (χ4v) is 1.61. The van der Waals surface area contributed by atoms with Gasteiger partial charge in [-0.2, -0.15) is 0 Å². The molecule has 0 fully saturated rings. The Balaban J connectivity index is 1.98. The van der Waals surface area contributed by atoms with E-state index in [0.29, 0.717) is 5.76 Å². The van der Waals surface area contributed by atoms with Gasteiger partial charge in [-0.15, -0.1) is 0 Å². The fourth-order valence-electron chi connectivity index (χ4n) is 1.61. The van der Waals surface area contributed by atoms with Gasteiger partial charge in [-0.05, 0) is 49.8 Å². The maximum atomic E-state index is 11.7. The zero-order valence-electron chi connectivity index (χ0n) is 10.4. The lowest BCUT2D eigenvalue weighted by Crippen LogP contribution is -2.07. The molecule has 0 saturated heterocycles. The molecule has 2 rings (SSSR count). The number of hydrogen-bond acceptors (Lipinski definition) is 2. The maximum Gasteiger partial charge on any atom is 0.248 e. The highest BCUT2D eigenvalue weighted by molar-refractivity contribution is 6.01. The van der Waals surface area contributed by atoms with Gasteiger partial charge in [0.05, 0.1) is 0 Å². The molecule has 0 aliphatic heterocycles. The van der Waals surface area contributed by atoms with E-state index >= 15 is 0 Å². The van der Waals surface area contributed by atoms with Crippen LogP contribution in [0.25, 0.3) is 6.08 Å². The van der Waals surface area contributed by atoms with Crippen LogP contribution in [0.15, 0.2) is 46.9 Å². The Morgan fingerprint density at radius 2 is 2.06 bits per heavy atom. The summed E-state index contributed by atoms with van der Waals surface area (Å²) in [4.78, 5) is 11.7. The van der Waals surface area contributed by atoms with Gasteiger partial charge in [0.15, 0.2) is 0 Å². The summed E-state index contributed by atoms with van der Waals surface area (Å²) >= 11 is 0. The van der Waals surface area contributed by atoms with Crippen molar-refractivity contribution in [2.45, 2.75) is 13.8 Å². The third-order valence-electron chi connectivity index (χ3n) is 2.45. The number of anilines is 1. The maximum absolute atomic E-state index is 11.7. The Morgan fingerprint density at radius 1 is 1.22 bits per heavy atom. The minimum atomic E-state index is -0.172. The summed E-state index contributed by atoms with van der Waals surface area (Å²) in [7, 11) is 0. The fraction of sp³-hybridized carbons (Fsp3) is 0.133. The van der Waals surface area contributed by atoms with E-state index in [1.807, 2.05) is 50.2 Å². The molecule has 0 spiro atoms. The van der Waals surface area contributed by atoms with Gasteiger partial charge in [0.25, 0.3) is 0 Å². The smallest absolute Gasteiger partial charge is 0.248 e. The Labute approximate surface area is 106 Å². The number of furan rings is 1. The number of nitrogens with one attached hydrogen (secondary N) is 1. The second-order valence-corrected chi connectivity index (χ2v) is 4.14. The number of rotatable bonds is 3. The lowest BCUT2D eigenvalue weighted by Gasteiger charge is -2.02. The van der Waals surface area contributed by atoms with Gasteiger partial charge >= 0.3 is 0 Å². The summed E-state index contributed by atoms with van der Waals surface area (Å²) in [6.07, 6.45) is 3.11. The Kier molecular flexibility index (Phi) is 3.63. The van der Waals surface area contributed by atoms with E-state index < -0.39 is 0 Å². The van der Waals surface area contributed by atoms with Gasteiger partial charge in [0.1, 0.15) is 11.5 Å². The predicted molar refractivity (Wildman–Crippen MR) is 72.3 cm³/mol. The van der Waals surface area contributed by atoms with Crippen molar-refractivity contribution in [3.8, 4) is 0 Å². The van der Waals surface area contributed by atoms with Crippen molar-refractivity contribution in [3.63, 3.8) is 0 Å². The molecular weight excluding hydrogens is 226 g/mol. The minimum Gasteiger partial charge on any atom is -0.462 e. The molecule has 1 amide bonds. The van der Waals surface area contributed by atoms with E-state index in [1.54, 1.807) is 6.08 Å². The van der Waals surface area contributed by atoms with Crippen molar-refractivity contribution in [1.29, 1.82) is 0 Å². The SMILES string of the molecule is Cc1cccc(NC(=O)C=Cc2ccc(C)o2)c1. The van der Waals surface area contributed by atoms with Crippen LogP contribution in [-0.4, -0.2) is 5.91 Å². The standard InChI is InChI=1S/C15H15NO2/c1-11-4-3-5-13(10-11)16-15(17)9-8-14-7-6-12(2)18-14/h3-10H,1-2H3,(H,16,17). The summed E-state index contributed by atoms with van der Waals surface area (Å²) in [6.45, 7) is 3.85. The van der Waals surface area contributed by atoms with Crippen LogP contribution in [0.4, 0.5) is 5.69 Å². The van der Waals surface area contributed by atoms with Gasteiger partial charge in [-0.1, -0.05) is 12.1 Å². The summed E-state index contributed by atoms with van der Waals surface area (Å²) in [5.74, 6) is 1.33. The van der Waals surface area contributed by atoms with Crippen molar-refractivity contribution in [2.24, 2.45) is 0 Å². The number of benzene rings is 1. The van der Waals surface area contributed by atoms with E-state index in [-0.39, 0.29) is 5.91 Å². The highest BCUT2D eigenvalue weighted by atomic mass is 16.3. The number of hydrogen-bond donors (Lipinski definition) is 1. The molecular formula is C15H15NO2. The zero-order chi connectivity index (χ0) is 13.0. The van der Waals surface area contributed by atoms with Crippen molar-refractivity contribution >= 4 is 17.7 Å². The quantitative estimate of drug-likeness (QED) is 0.835. The molecule has 3 nitrogen and oxygen atoms in total. The third-order valence-corrected chi connectivity index (χ3v) is 2.45. The zero-order valence-corrected chi connectivity index (χ0v) is 10.4. The first-order valence-electron chi connectivity index (χ1n) is 5.76. The highest BCUT2D eigenvalue weighted by Crippen LogP contribution is 2.11. The van der Waals surface area contributed by atoms with Crippen LogP contribution in [0.3, 0.4) is 0 Å². The molecule has 1 aromatic heterocycles. The molecule has 0 radical (unpaired) electrons. The molecule has 0 aliphatic carbocycles.